The molecule has 0 aliphatic rings. The lowest BCUT2D eigenvalue weighted by atomic mass is 10.3. The minimum atomic E-state index is -0.526. The van der Waals surface area contributed by atoms with Gasteiger partial charge < -0.3 is 15.4 Å². The van der Waals surface area contributed by atoms with Gasteiger partial charge in [-0.2, -0.15) is 0 Å². The molecule has 2 N–H and O–H groups in total. The SMILES string of the molecule is CO[C@@H](C)C(=O)NCC(=O)NC(C)C. The second-order valence-electron chi connectivity index (χ2n) is 3.32. The van der Waals surface area contributed by atoms with Gasteiger partial charge in [-0.05, 0) is 20.8 Å². The first-order valence-corrected chi connectivity index (χ1v) is 4.57. The van der Waals surface area contributed by atoms with Gasteiger partial charge in [0.05, 0.1) is 6.54 Å². The summed E-state index contributed by atoms with van der Waals surface area (Å²) in [5.41, 5.74) is 0. The van der Waals surface area contributed by atoms with Crippen LogP contribution in [0.15, 0.2) is 0 Å². The molecule has 0 saturated heterocycles. The van der Waals surface area contributed by atoms with E-state index in [0.29, 0.717) is 0 Å². The number of ether oxygens (including phenoxy) is 1. The van der Waals surface area contributed by atoms with Gasteiger partial charge in [-0.3, -0.25) is 9.59 Å². The fourth-order valence-corrected chi connectivity index (χ4v) is 0.791. The minimum absolute atomic E-state index is 0.00921. The highest BCUT2D eigenvalue weighted by Crippen LogP contribution is 1.86. The molecule has 0 bridgehead atoms. The van der Waals surface area contributed by atoms with E-state index in [0.717, 1.165) is 0 Å². The fourth-order valence-electron chi connectivity index (χ4n) is 0.791. The molecule has 5 heteroatoms. The standard InChI is InChI=1S/C9H18N2O3/c1-6(2)11-8(12)5-10-9(13)7(3)14-4/h6-7H,5H2,1-4H3,(H,10,13)(H,11,12)/t7-/m0/s1. The van der Waals surface area contributed by atoms with Crippen LogP contribution >= 0.6 is 0 Å². The molecule has 0 unspecified atom stereocenters. The molecule has 0 fully saturated rings. The number of carbonyl (C=O) groups is 2. The van der Waals surface area contributed by atoms with Gasteiger partial charge in [0, 0.05) is 13.2 Å². The third-order valence-electron chi connectivity index (χ3n) is 1.60. The fraction of sp³-hybridized carbons (Fsp3) is 0.778. The Morgan fingerprint density at radius 2 is 1.86 bits per heavy atom. The first-order valence-electron chi connectivity index (χ1n) is 4.57. The van der Waals surface area contributed by atoms with Crippen molar-refractivity contribution in [1.82, 2.24) is 10.6 Å². The van der Waals surface area contributed by atoms with Crippen LogP contribution in [0.1, 0.15) is 20.8 Å². The van der Waals surface area contributed by atoms with Crippen molar-refractivity contribution in [3.05, 3.63) is 0 Å². The van der Waals surface area contributed by atoms with E-state index in [1.54, 1.807) is 6.92 Å². The molecule has 2 amide bonds. The Morgan fingerprint density at radius 1 is 1.29 bits per heavy atom. The van der Waals surface area contributed by atoms with Gasteiger partial charge in [0.25, 0.3) is 0 Å². The average Bonchev–Trinajstić information content (AvgIpc) is 2.11. The second-order valence-corrected chi connectivity index (χ2v) is 3.32. The predicted octanol–water partition coefficient (Wildman–Crippen LogP) is -0.338. The summed E-state index contributed by atoms with van der Waals surface area (Å²) in [4.78, 5) is 22.3. The largest absolute Gasteiger partial charge is 0.372 e. The van der Waals surface area contributed by atoms with E-state index in [1.807, 2.05) is 13.8 Å². The van der Waals surface area contributed by atoms with E-state index < -0.39 is 6.10 Å². The molecule has 0 aromatic carbocycles. The van der Waals surface area contributed by atoms with Crippen LogP contribution in [0.25, 0.3) is 0 Å². The summed E-state index contributed by atoms with van der Waals surface area (Å²) in [5, 5.41) is 5.12. The van der Waals surface area contributed by atoms with Gasteiger partial charge in [0.2, 0.25) is 11.8 Å². The molecule has 0 aliphatic heterocycles. The number of carbonyl (C=O) groups excluding carboxylic acids is 2. The molecular formula is C9H18N2O3. The summed E-state index contributed by atoms with van der Waals surface area (Å²) < 4.78 is 4.78. The Balaban J connectivity index is 3.72. The lowest BCUT2D eigenvalue weighted by Gasteiger charge is -2.11. The van der Waals surface area contributed by atoms with Gasteiger partial charge in [-0.15, -0.1) is 0 Å². The monoisotopic (exact) mass is 202 g/mol. The Labute approximate surface area is 84.2 Å². The lowest BCUT2D eigenvalue weighted by Crippen LogP contribution is -2.42. The number of hydrogen-bond acceptors (Lipinski definition) is 3. The molecule has 0 radical (unpaired) electrons. The highest BCUT2D eigenvalue weighted by molar-refractivity contribution is 5.86. The van der Waals surface area contributed by atoms with E-state index in [-0.39, 0.29) is 24.4 Å². The van der Waals surface area contributed by atoms with Crippen molar-refractivity contribution >= 4 is 11.8 Å². The molecule has 82 valence electrons. The van der Waals surface area contributed by atoms with E-state index in [9.17, 15) is 9.59 Å². The van der Waals surface area contributed by atoms with Crippen LogP contribution in [0.4, 0.5) is 0 Å². The summed E-state index contributed by atoms with van der Waals surface area (Å²) in [7, 11) is 1.44. The molecule has 1 atom stereocenters. The number of nitrogens with one attached hydrogen (secondary N) is 2. The van der Waals surface area contributed by atoms with E-state index in [1.165, 1.54) is 7.11 Å². The van der Waals surface area contributed by atoms with Gasteiger partial charge in [-0.1, -0.05) is 0 Å². The van der Waals surface area contributed by atoms with E-state index in [2.05, 4.69) is 10.6 Å². The van der Waals surface area contributed by atoms with Crippen LogP contribution in [0.2, 0.25) is 0 Å². The quantitative estimate of drug-likeness (QED) is 0.641. The first kappa shape index (κ1) is 12.9. The van der Waals surface area contributed by atoms with Crippen LogP contribution in [0, 0.1) is 0 Å². The van der Waals surface area contributed by atoms with Gasteiger partial charge in [-0.25, -0.2) is 0 Å². The van der Waals surface area contributed by atoms with E-state index >= 15 is 0 Å². The normalized spacial score (nSPS) is 12.4. The lowest BCUT2D eigenvalue weighted by molar-refractivity contribution is -0.132. The third-order valence-corrected chi connectivity index (χ3v) is 1.60. The van der Waals surface area contributed by atoms with Crippen molar-refractivity contribution in [2.45, 2.75) is 32.9 Å². The Kier molecular flexibility index (Phi) is 5.87. The molecule has 5 nitrogen and oxygen atoms in total. The predicted molar refractivity (Wildman–Crippen MR) is 52.8 cm³/mol. The highest BCUT2D eigenvalue weighted by Gasteiger charge is 2.12. The van der Waals surface area contributed by atoms with Crippen LogP contribution in [-0.2, 0) is 14.3 Å². The molecule has 0 aromatic rings. The van der Waals surface area contributed by atoms with Crippen LogP contribution in [0.3, 0.4) is 0 Å². The molecule has 0 heterocycles. The maximum Gasteiger partial charge on any atom is 0.249 e. The molecule has 0 saturated carbocycles. The summed E-state index contributed by atoms with van der Waals surface area (Å²) in [5.74, 6) is -0.483. The second kappa shape index (κ2) is 6.37. The van der Waals surface area contributed by atoms with Crippen LogP contribution in [-0.4, -0.2) is 37.6 Å². The van der Waals surface area contributed by atoms with Crippen molar-refractivity contribution in [2.24, 2.45) is 0 Å². The van der Waals surface area contributed by atoms with Crippen LogP contribution in [0.5, 0.6) is 0 Å². The van der Waals surface area contributed by atoms with Crippen LogP contribution < -0.4 is 10.6 Å². The minimum Gasteiger partial charge on any atom is -0.372 e. The zero-order valence-electron chi connectivity index (χ0n) is 9.09. The van der Waals surface area contributed by atoms with Crippen molar-refractivity contribution in [2.75, 3.05) is 13.7 Å². The summed E-state index contributed by atoms with van der Waals surface area (Å²) >= 11 is 0. The number of methoxy groups -OCH3 is 1. The number of amides is 2. The number of rotatable bonds is 5. The average molecular weight is 202 g/mol. The molecule has 0 rings (SSSR count). The van der Waals surface area contributed by atoms with Gasteiger partial charge in [0.15, 0.2) is 0 Å². The molecule has 14 heavy (non-hydrogen) atoms. The zero-order chi connectivity index (χ0) is 11.1. The van der Waals surface area contributed by atoms with Gasteiger partial charge in [0.1, 0.15) is 6.10 Å². The molecule has 0 aromatic heterocycles. The topological polar surface area (TPSA) is 67.4 Å². The zero-order valence-corrected chi connectivity index (χ0v) is 9.09. The maximum atomic E-state index is 11.1. The summed E-state index contributed by atoms with van der Waals surface area (Å²) in [6.45, 7) is 5.33. The Morgan fingerprint density at radius 3 is 2.29 bits per heavy atom. The first-order chi connectivity index (χ1) is 6.47. The smallest absolute Gasteiger partial charge is 0.249 e. The van der Waals surface area contributed by atoms with Crippen molar-refractivity contribution in [3.8, 4) is 0 Å². The highest BCUT2D eigenvalue weighted by atomic mass is 16.5. The summed E-state index contributed by atoms with van der Waals surface area (Å²) in [6.07, 6.45) is -0.526. The van der Waals surface area contributed by atoms with Crippen molar-refractivity contribution in [1.29, 1.82) is 0 Å². The Hall–Kier alpha value is -1.10. The molecule has 0 spiro atoms. The maximum absolute atomic E-state index is 11.1. The van der Waals surface area contributed by atoms with E-state index in [4.69, 9.17) is 4.74 Å². The Bertz CT molecular complexity index is 204. The summed E-state index contributed by atoms with van der Waals surface area (Å²) in [6, 6.07) is 0.0826. The van der Waals surface area contributed by atoms with Gasteiger partial charge >= 0.3 is 0 Å². The third kappa shape index (κ3) is 5.53. The molecule has 0 aliphatic carbocycles. The molecular weight excluding hydrogens is 184 g/mol. The number of hydrogen-bond donors (Lipinski definition) is 2. The van der Waals surface area contributed by atoms with Crippen molar-refractivity contribution in [3.63, 3.8) is 0 Å². The van der Waals surface area contributed by atoms with Crippen molar-refractivity contribution < 1.29 is 14.3 Å².